The Labute approximate surface area is 119 Å². The summed E-state index contributed by atoms with van der Waals surface area (Å²) in [7, 11) is -14.1. The van der Waals surface area contributed by atoms with E-state index in [4.69, 9.17) is 24.7 Å². The van der Waals surface area contributed by atoms with Gasteiger partial charge in [0.25, 0.3) is 0 Å². The van der Waals surface area contributed by atoms with E-state index in [1.165, 1.54) is 0 Å². The van der Waals surface area contributed by atoms with Crippen molar-refractivity contribution in [1.82, 2.24) is 0 Å². The maximum Gasteiger partial charge on any atom is 0.480 e. The van der Waals surface area contributed by atoms with Crippen LogP contribution in [0.15, 0.2) is 0 Å². The summed E-state index contributed by atoms with van der Waals surface area (Å²) in [4.78, 5) is 10.3. The van der Waals surface area contributed by atoms with Crippen LogP contribution in [0.1, 0.15) is 0 Å². The normalized spacial score (nSPS) is 49.3. The first kappa shape index (κ1) is 16.2. The Hall–Kier alpha value is 0.804. The monoisotopic (exact) mass is 358 g/mol. The van der Waals surface area contributed by atoms with E-state index in [-0.39, 0.29) is 0 Å². The van der Waals surface area contributed by atoms with Crippen molar-refractivity contribution in [2.75, 3.05) is 0 Å². The molecule has 2 atom stereocenters. The maximum absolute atomic E-state index is 10.3. The summed E-state index contributed by atoms with van der Waals surface area (Å²) in [6.07, 6.45) is 0. The Kier molecular flexibility index (Phi) is 3.75. The number of rotatable bonds is 0. The maximum atomic E-state index is 10.3. The van der Waals surface area contributed by atoms with Crippen LogP contribution in [0.25, 0.3) is 0 Å². The molecule has 2 aliphatic heterocycles. The minimum atomic E-state index is -3.27. The van der Waals surface area contributed by atoms with Gasteiger partial charge in [-0.05, 0) is 26.2 Å². The van der Waals surface area contributed by atoms with Gasteiger partial charge in [0.15, 0.2) is 0 Å². The highest BCUT2D eigenvalue weighted by Crippen LogP contribution is 2.37. The zero-order valence-electron chi connectivity index (χ0n) is 12.4. The highest BCUT2D eigenvalue weighted by molar-refractivity contribution is 6.95. The fourth-order valence-electron chi connectivity index (χ4n) is 2.70. The average molecular weight is 359 g/mol. The molecule has 0 amide bonds. The van der Waals surface area contributed by atoms with E-state index in [1.54, 1.807) is 19.6 Å². The predicted octanol–water partition coefficient (Wildman–Crippen LogP) is 1.22. The van der Waals surface area contributed by atoms with Gasteiger partial charge in [0, 0.05) is 19.6 Å². The second kappa shape index (κ2) is 4.40. The first-order chi connectivity index (χ1) is 8.24. The Morgan fingerprint density at radius 3 is 1.26 bits per heavy atom. The third kappa shape index (κ3) is 3.92. The van der Waals surface area contributed by atoms with Crippen LogP contribution in [-0.4, -0.2) is 48.3 Å². The highest BCUT2D eigenvalue weighted by Gasteiger charge is 2.65. The van der Waals surface area contributed by atoms with Crippen LogP contribution in [0.2, 0.25) is 45.8 Å². The van der Waals surface area contributed by atoms with Gasteiger partial charge >= 0.3 is 43.5 Å². The molecule has 0 saturated carbocycles. The van der Waals surface area contributed by atoms with E-state index in [1.807, 2.05) is 26.2 Å². The molecule has 7 nitrogen and oxygen atoms in total. The van der Waals surface area contributed by atoms with Gasteiger partial charge in [0.1, 0.15) is 0 Å². The lowest BCUT2D eigenvalue weighted by Gasteiger charge is -2.52. The Morgan fingerprint density at radius 2 is 0.895 bits per heavy atom. The highest BCUT2D eigenvalue weighted by atomic mass is 28.6. The minimum Gasteiger partial charge on any atom is -0.416 e. The van der Waals surface area contributed by atoms with Gasteiger partial charge in [-0.2, -0.15) is 0 Å². The van der Waals surface area contributed by atoms with Crippen molar-refractivity contribution in [2.45, 2.75) is 45.8 Å². The number of hydrogen-bond acceptors (Lipinski definition) is 7. The van der Waals surface area contributed by atoms with Gasteiger partial charge in [0.05, 0.1) is 0 Å². The molecule has 0 aromatic carbocycles. The summed E-state index contributed by atoms with van der Waals surface area (Å²) < 4.78 is 35.5. The quantitative estimate of drug-likeness (QED) is 0.652. The molecule has 0 spiro atoms. The lowest BCUT2D eigenvalue weighted by Crippen LogP contribution is -2.75. The molecule has 2 unspecified atom stereocenters. The number of hydrogen-bond donors (Lipinski definition) is 1. The van der Waals surface area contributed by atoms with Gasteiger partial charge in [-0.1, -0.05) is 0 Å². The van der Waals surface area contributed by atoms with Gasteiger partial charge in [0.2, 0.25) is 0 Å². The molecule has 2 heterocycles. The molecule has 2 aliphatic rings. The van der Waals surface area contributed by atoms with Crippen LogP contribution in [0, 0.1) is 0 Å². The fourth-order valence-corrected chi connectivity index (χ4v) is 27.6. The van der Waals surface area contributed by atoms with Gasteiger partial charge < -0.3 is 29.5 Å². The van der Waals surface area contributed by atoms with Crippen molar-refractivity contribution in [3.05, 3.63) is 0 Å². The molecule has 0 aromatic rings. The summed E-state index contributed by atoms with van der Waals surface area (Å²) in [6, 6.07) is 0. The van der Waals surface area contributed by atoms with Crippen LogP contribution in [-0.2, 0) is 24.7 Å². The molecule has 19 heavy (non-hydrogen) atoms. The molecule has 0 aliphatic carbocycles. The van der Waals surface area contributed by atoms with Crippen molar-refractivity contribution in [1.29, 1.82) is 0 Å². The standard InChI is InChI=1S/C7H22O7Si5/c1-15(2)9-16(3,4)11-19(7)13-17(5,8)12-18(6,10-15)14-19/h8H,1-7H3. The first-order valence-corrected chi connectivity index (χ1v) is 18.5. The largest absolute Gasteiger partial charge is 0.480 e. The van der Waals surface area contributed by atoms with E-state index in [9.17, 15) is 4.80 Å². The molecule has 2 rings (SSSR count). The minimum absolute atomic E-state index is 1.57. The second-order valence-corrected chi connectivity index (χ2v) is 21.8. The van der Waals surface area contributed by atoms with E-state index in [0.29, 0.717) is 0 Å². The van der Waals surface area contributed by atoms with Crippen LogP contribution in [0.4, 0.5) is 0 Å². The second-order valence-electron chi connectivity index (χ2n) is 6.03. The molecular formula is C7H22O7Si5. The molecule has 112 valence electrons. The Bertz CT molecular complexity index is 350. The molecule has 2 saturated heterocycles. The molecule has 2 fully saturated rings. The van der Waals surface area contributed by atoms with E-state index < -0.39 is 43.5 Å². The summed E-state index contributed by atoms with van der Waals surface area (Å²) >= 11 is 0. The van der Waals surface area contributed by atoms with Gasteiger partial charge in [-0.3, -0.25) is 0 Å². The third-order valence-corrected chi connectivity index (χ3v) is 22.3. The third-order valence-electron chi connectivity index (χ3n) is 2.47. The summed E-state index contributed by atoms with van der Waals surface area (Å²) in [5.74, 6) is 0. The Morgan fingerprint density at radius 1 is 0.526 bits per heavy atom. The lowest BCUT2D eigenvalue weighted by molar-refractivity contribution is 0.0653. The van der Waals surface area contributed by atoms with Crippen molar-refractivity contribution >= 4 is 43.5 Å². The summed E-state index contributed by atoms with van der Waals surface area (Å²) in [6.45, 7) is 12.9. The van der Waals surface area contributed by atoms with Gasteiger partial charge in [-0.15, -0.1) is 0 Å². The van der Waals surface area contributed by atoms with E-state index >= 15 is 0 Å². The van der Waals surface area contributed by atoms with Crippen LogP contribution in [0.3, 0.4) is 0 Å². The molecule has 0 radical (unpaired) electrons. The summed E-state index contributed by atoms with van der Waals surface area (Å²) in [5.41, 5.74) is 0. The smallest absolute Gasteiger partial charge is 0.416 e. The average Bonchev–Trinajstić information content (AvgIpc) is 1.84. The predicted molar refractivity (Wildman–Crippen MR) is 78.5 cm³/mol. The fraction of sp³-hybridized carbons (Fsp3) is 1.00. The van der Waals surface area contributed by atoms with E-state index in [2.05, 4.69) is 0 Å². The van der Waals surface area contributed by atoms with E-state index in [0.717, 1.165) is 0 Å². The van der Waals surface area contributed by atoms with Crippen molar-refractivity contribution < 1.29 is 29.5 Å². The van der Waals surface area contributed by atoms with Crippen molar-refractivity contribution in [3.63, 3.8) is 0 Å². The van der Waals surface area contributed by atoms with Crippen LogP contribution < -0.4 is 0 Å². The number of fused-ring (bicyclic) bond motifs is 2. The molecule has 2 bridgehead atoms. The topological polar surface area (TPSA) is 75.6 Å². The molecule has 1 N–H and O–H groups in total. The first-order valence-electron chi connectivity index (χ1n) is 6.17. The van der Waals surface area contributed by atoms with Crippen LogP contribution >= 0.6 is 0 Å². The zero-order valence-corrected chi connectivity index (χ0v) is 17.4. The molecule has 0 aromatic heterocycles. The lowest BCUT2D eigenvalue weighted by atomic mass is 11.9. The zero-order chi connectivity index (χ0) is 14.7. The Balaban J connectivity index is 2.40. The van der Waals surface area contributed by atoms with Crippen molar-refractivity contribution in [3.8, 4) is 0 Å². The summed E-state index contributed by atoms with van der Waals surface area (Å²) in [5, 5.41) is 0. The van der Waals surface area contributed by atoms with Crippen LogP contribution in [0.5, 0.6) is 0 Å². The molecular weight excluding hydrogens is 337 g/mol. The molecule has 12 heteroatoms. The van der Waals surface area contributed by atoms with Gasteiger partial charge in [-0.25, -0.2) is 0 Å². The SMILES string of the molecule is C[Si]1(C)O[Si](C)(C)O[Si]2(C)O[Si](C)(O)O[Si](C)(O1)O2. The van der Waals surface area contributed by atoms with Crippen molar-refractivity contribution in [2.24, 2.45) is 0 Å².